The van der Waals surface area contributed by atoms with Crippen LogP contribution in [0.3, 0.4) is 0 Å². The summed E-state index contributed by atoms with van der Waals surface area (Å²) in [6.45, 7) is 6.67. The smallest absolute Gasteiger partial charge is 0.224 e. The van der Waals surface area contributed by atoms with Gasteiger partial charge in [-0.05, 0) is 101 Å². The molecule has 1 saturated heterocycles. The van der Waals surface area contributed by atoms with Crippen LogP contribution in [-0.2, 0) is 9.53 Å². The van der Waals surface area contributed by atoms with Crippen LogP contribution in [0.4, 0.5) is 0 Å². The third-order valence-corrected chi connectivity index (χ3v) is 9.48. The average Bonchev–Trinajstić information content (AvgIpc) is 3.67. The first-order valence-electron chi connectivity index (χ1n) is 14.5. The maximum atomic E-state index is 13.4. The van der Waals surface area contributed by atoms with Gasteiger partial charge in [-0.15, -0.1) is 0 Å². The molecule has 4 aliphatic rings. The van der Waals surface area contributed by atoms with Crippen molar-refractivity contribution in [3.63, 3.8) is 0 Å². The molecule has 0 bridgehead atoms. The third-order valence-electron chi connectivity index (χ3n) is 9.48. The molecule has 0 spiro atoms. The number of hydrogen-bond acceptors (Lipinski definition) is 5. The molecule has 0 aromatic rings. The van der Waals surface area contributed by atoms with Crippen molar-refractivity contribution in [2.75, 3.05) is 60.0 Å². The summed E-state index contributed by atoms with van der Waals surface area (Å²) < 4.78 is 5.50. The Kier molecular flexibility index (Phi) is 10.1. The fourth-order valence-electron chi connectivity index (χ4n) is 7.25. The lowest BCUT2D eigenvalue weighted by atomic mass is 9.66. The van der Waals surface area contributed by atoms with Crippen LogP contribution < -0.4 is 11.1 Å². The number of likely N-dealkylation sites (N-methyl/N-ethyl adjacent to an activating group) is 1. The Labute approximate surface area is 208 Å². The van der Waals surface area contributed by atoms with Gasteiger partial charge in [-0.25, -0.2) is 0 Å². The predicted molar refractivity (Wildman–Crippen MR) is 139 cm³/mol. The zero-order chi connectivity index (χ0) is 23.9. The monoisotopic (exact) mass is 476 g/mol. The second-order valence-electron chi connectivity index (χ2n) is 12.3. The fourth-order valence-corrected chi connectivity index (χ4v) is 7.25. The van der Waals surface area contributed by atoms with E-state index < -0.39 is 0 Å². The zero-order valence-corrected chi connectivity index (χ0v) is 22.1. The molecule has 0 aromatic carbocycles. The fraction of sp³-hybridized carbons (Fsp3) is 0.964. The van der Waals surface area contributed by atoms with Crippen molar-refractivity contribution in [2.24, 2.45) is 41.2 Å². The highest BCUT2D eigenvalue weighted by Gasteiger charge is 2.41. The number of carbonyl (C=O) groups excluding carboxylic acids is 1. The molecule has 0 aromatic heterocycles. The number of nitrogens with one attached hydrogen (secondary N) is 1. The number of nitrogens with two attached hydrogens (primary N) is 1. The van der Waals surface area contributed by atoms with Crippen LogP contribution in [0.25, 0.3) is 0 Å². The molecule has 0 radical (unpaired) electrons. The Morgan fingerprint density at radius 2 is 1.65 bits per heavy atom. The summed E-state index contributed by atoms with van der Waals surface area (Å²) in [6.07, 6.45) is 14.0. The van der Waals surface area contributed by atoms with E-state index in [2.05, 4.69) is 29.2 Å². The number of amides is 1. The van der Waals surface area contributed by atoms with Crippen molar-refractivity contribution in [1.82, 2.24) is 15.1 Å². The van der Waals surface area contributed by atoms with Crippen molar-refractivity contribution in [2.45, 2.75) is 76.7 Å². The number of ether oxygens (including phenoxy) is 1. The van der Waals surface area contributed by atoms with Crippen LogP contribution in [0.5, 0.6) is 0 Å². The zero-order valence-electron chi connectivity index (χ0n) is 22.1. The van der Waals surface area contributed by atoms with E-state index in [1.165, 1.54) is 64.5 Å². The van der Waals surface area contributed by atoms with Gasteiger partial charge in [-0.3, -0.25) is 4.79 Å². The molecule has 5 atom stereocenters. The highest BCUT2D eigenvalue weighted by molar-refractivity contribution is 5.79. The van der Waals surface area contributed by atoms with E-state index in [4.69, 9.17) is 10.5 Å². The number of rotatable bonds is 11. The number of hydrogen-bond donors (Lipinski definition) is 2. The Hall–Kier alpha value is -0.690. The predicted octanol–water partition coefficient (Wildman–Crippen LogP) is 3.35. The van der Waals surface area contributed by atoms with Crippen LogP contribution in [-0.4, -0.2) is 81.8 Å². The van der Waals surface area contributed by atoms with Crippen molar-refractivity contribution in [3.8, 4) is 0 Å². The lowest BCUT2D eigenvalue weighted by Gasteiger charge is -2.45. The van der Waals surface area contributed by atoms with E-state index in [0.717, 1.165) is 75.8 Å². The minimum absolute atomic E-state index is 0.162. The highest BCUT2D eigenvalue weighted by Crippen LogP contribution is 2.43. The molecule has 196 valence electrons. The number of nitrogens with zero attached hydrogens (tertiary/aromatic N) is 2. The van der Waals surface area contributed by atoms with Crippen LogP contribution in [0, 0.1) is 35.5 Å². The van der Waals surface area contributed by atoms with Crippen LogP contribution in [0.2, 0.25) is 0 Å². The Morgan fingerprint density at radius 1 is 0.882 bits per heavy atom. The van der Waals surface area contributed by atoms with Gasteiger partial charge < -0.3 is 25.6 Å². The molecule has 34 heavy (non-hydrogen) atoms. The molecule has 1 aliphatic heterocycles. The van der Waals surface area contributed by atoms with Gasteiger partial charge in [-0.2, -0.15) is 0 Å². The molecule has 4 fully saturated rings. The molecule has 3 N–H and O–H groups in total. The standard InChI is InChI=1S/C28H52N4O2/c1-31(13-12-29)19-23-4-3-5-24(16-23)25-8-9-26(27(17-25)32(2)20-22-6-7-22)28(33)30-18-21-10-14-34-15-11-21/h21-27H,3-20,29H2,1-2H3,(H,30,33). The third kappa shape index (κ3) is 7.65. The van der Waals surface area contributed by atoms with Gasteiger partial charge in [0.25, 0.3) is 0 Å². The molecule has 6 heteroatoms. The van der Waals surface area contributed by atoms with Gasteiger partial charge in [-0.1, -0.05) is 12.8 Å². The molecule has 4 rings (SSSR count). The molecular weight excluding hydrogens is 424 g/mol. The maximum Gasteiger partial charge on any atom is 0.224 e. The van der Waals surface area contributed by atoms with Gasteiger partial charge >= 0.3 is 0 Å². The first-order valence-corrected chi connectivity index (χ1v) is 14.5. The second-order valence-corrected chi connectivity index (χ2v) is 12.3. The van der Waals surface area contributed by atoms with Gasteiger partial charge in [0.05, 0.1) is 5.92 Å². The van der Waals surface area contributed by atoms with E-state index >= 15 is 0 Å². The molecule has 5 unspecified atom stereocenters. The Morgan fingerprint density at radius 3 is 2.38 bits per heavy atom. The lowest BCUT2D eigenvalue weighted by molar-refractivity contribution is -0.129. The normalized spacial score (nSPS) is 33.4. The second kappa shape index (κ2) is 13.0. The first-order chi connectivity index (χ1) is 16.5. The summed E-state index contributed by atoms with van der Waals surface area (Å²) >= 11 is 0. The van der Waals surface area contributed by atoms with Gasteiger partial charge in [0.1, 0.15) is 0 Å². The maximum absolute atomic E-state index is 13.4. The van der Waals surface area contributed by atoms with E-state index in [1.54, 1.807) is 0 Å². The minimum Gasteiger partial charge on any atom is -0.381 e. The molecule has 3 aliphatic carbocycles. The summed E-state index contributed by atoms with van der Waals surface area (Å²) in [6, 6.07) is 0.411. The quantitative estimate of drug-likeness (QED) is 0.479. The summed E-state index contributed by atoms with van der Waals surface area (Å²) in [5, 5.41) is 3.37. The largest absolute Gasteiger partial charge is 0.381 e. The molecule has 1 amide bonds. The summed E-state index contributed by atoms with van der Waals surface area (Å²) in [5.41, 5.74) is 5.78. The van der Waals surface area contributed by atoms with Crippen molar-refractivity contribution < 1.29 is 9.53 Å². The van der Waals surface area contributed by atoms with Crippen LogP contribution in [0.15, 0.2) is 0 Å². The first kappa shape index (κ1) is 26.4. The van der Waals surface area contributed by atoms with Gasteiger partial charge in [0.15, 0.2) is 0 Å². The van der Waals surface area contributed by atoms with Crippen LogP contribution >= 0.6 is 0 Å². The van der Waals surface area contributed by atoms with E-state index in [1.807, 2.05) is 0 Å². The van der Waals surface area contributed by atoms with E-state index in [-0.39, 0.29) is 5.92 Å². The number of carbonyl (C=O) groups is 1. The van der Waals surface area contributed by atoms with Gasteiger partial charge in [0, 0.05) is 52.0 Å². The molecular formula is C28H52N4O2. The van der Waals surface area contributed by atoms with Crippen molar-refractivity contribution >= 4 is 5.91 Å². The Balaban J connectivity index is 1.33. The highest BCUT2D eigenvalue weighted by atomic mass is 16.5. The van der Waals surface area contributed by atoms with Crippen molar-refractivity contribution in [3.05, 3.63) is 0 Å². The Bertz CT molecular complexity index is 622. The molecule has 3 saturated carbocycles. The van der Waals surface area contributed by atoms with Gasteiger partial charge in [0.2, 0.25) is 5.91 Å². The summed E-state index contributed by atoms with van der Waals surface area (Å²) in [7, 11) is 4.53. The lowest BCUT2D eigenvalue weighted by Crippen LogP contribution is -2.51. The van der Waals surface area contributed by atoms with Crippen molar-refractivity contribution in [1.29, 1.82) is 0 Å². The summed E-state index contributed by atoms with van der Waals surface area (Å²) in [5.74, 6) is 4.39. The summed E-state index contributed by atoms with van der Waals surface area (Å²) in [4.78, 5) is 18.4. The topological polar surface area (TPSA) is 70.8 Å². The SMILES string of the molecule is CN(CCN)CC1CCCC(C2CCC(C(=O)NCC3CCOCC3)C(N(C)CC3CC3)C2)C1. The minimum atomic E-state index is 0.162. The van der Waals surface area contributed by atoms with E-state index in [0.29, 0.717) is 17.9 Å². The van der Waals surface area contributed by atoms with Crippen LogP contribution in [0.1, 0.15) is 70.6 Å². The average molecular weight is 477 g/mol. The molecule has 6 nitrogen and oxygen atoms in total. The van der Waals surface area contributed by atoms with E-state index in [9.17, 15) is 4.79 Å². The molecule has 1 heterocycles.